The molecule has 3 fully saturated rings. The molecule has 0 radical (unpaired) electrons. The Kier molecular flexibility index (Phi) is 8.88. The summed E-state index contributed by atoms with van der Waals surface area (Å²) in [6, 6.07) is 9.58. The molecule has 7 heteroatoms. The lowest BCUT2D eigenvalue weighted by Crippen LogP contribution is -2.53. The van der Waals surface area contributed by atoms with Gasteiger partial charge >= 0.3 is 5.97 Å². The zero-order valence-corrected chi connectivity index (χ0v) is 23.0. The summed E-state index contributed by atoms with van der Waals surface area (Å²) in [5.74, 6) is 0.540. The van der Waals surface area contributed by atoms with Gasteiger partial charge in [0, 0.05) is 20.1 Å². The van der Waals surface area contributed by atoms with Crippen molar-refractivity contribution in [2.24, 2.45) is 0 Å². The van der Waals surface area contributed by atoms with Crippen LogP contribution in [0, 0.1) is 0 Å². The van der Waals surface area contributed by atoms with E-state index >= 15 is 0 Å². The normalized spacial score (nSPS) is 24.8. The monoisotopic (exact) mass is 492 g/mol. The van der Waals surface area contributed by atoms with Crippen LogP contribution >= 0.6 is 0 Å². The summed E-state index contributed by atoms with van der Waals surface area (Å²) < 4.78 is 28.9. The Morgan fingerprint density at radius 2 is 1.79 bits per heavy atom. The van der Waals surface area contributed by atoms with Gasteiger partial charge in [-0.05, 0) is 76.6 Å². The van der Waals surface area contributed by atoms with Crippen molar-refractivity contribution >= 4 is 14.0 Å². The Morgan fingerprint density at radius 3 is 2.41 bits per heavy atom. The van der Waals surface area contributed by atoms with Crippen molar-refractivity contribution in [3.8, 4) is 5.75 Å². The number of fused-ring (bicyclic) bond motifs is 3. The molecule has 192 valence electrons. The minimum atomic E-state index is -1.08. The minimum absolute atomic E-state index is 0.00800. The maximum atomic E-state index is 11.8. The molecule has 0 N–H and O–H groups in total. The van der Waals surface area contributed by atoms with Gasteiger partial charge in [0.2, 0.25) is 0 Å². The van der Waals surface area contributed by atoms with Gasteiger partial charge in [0.05, 0.1) is 18.8 Å². The summed E-state index contributed by atoms with van der Waals surface area (Å²) in [6.45, 7) is 14.9. The van der Waals surface area contributed by atoms with Crippen LogP contribution in [0.5, 0.6) is 5.75 Å². The molecule has 0 amide bonds. The molecule has 6 nitrogen and oxygen atoms in total. The molecule has 2 bridgehead atoms. The van der Waals surface area contributed by atoms with E-state index in [1.807, 2.05) is 26.8 Å². The van der Waals surface area contributed by atoms with Crippen LogP contribution < -0.4 is 4.74 Å². The third kappa shape index (κ3) is 8.07. The first kappa shape index (κ1) is 27.2. The molecule has 2 saturated heterocycles. The van der Waals surface area contributed by atoms with Gasteiger partial charge in [-0.3, -0.25) is 0 Å². The molecule has 2 heterocycles. The van der Waals surface area contributed by atoms with E-state index < -0.39 is 13.7 Å². The largest absolute Gasteiger partial charge is 0.468 e. The lowest BCUT2D eigenvalue weighted by Gasteiger charge is -2.53. The van der Waals surface area contributed by atoms with Crippen molar-refractivity contribution in [3.63, 3.8) is 0 Å². The van der Waals surface area contributed by atoms with Crippen LogP contribution in [0.15, 0.2) is 24.3 Å². The minimum Gasteiger partial charge on any atom is -0.468 e. The number of carbonyl (C=O) groups excluding carboxylic acids is 1. The molecule has 1 aromatic carbocycles. The summed E-state index contributed by atoms with van der Waals surface area (Å²) in [6.07, 6.45) is 5.01. The number of benzene rings is 1. The second kappa shape index (κ2) is 11.1. The molecule has 4 rings (SSSR count). The van der Waals surface area contributed by atoms with Crippen LogP contribution in [0.1, 0.15) is 58.4 Å². The van der Waals surface area contributed by atoms with Crippen molar-refractivity contribution in [2.75, 3.05) is 33.2 Å². The molecule has 0 aromatic heterocycles. The number of hydrogen-bond acceptors (Lipinski definition) is 6. The van der Waals surface area contributed by atoms with E-state index in [0.29, 0.717) is 13.4 Å². The standard InChI is InChI=1S/C27H44O6Si/c1-25(2,3)33-24(28)19-29-15-14-27-12-10-26(11-13-27,20-32-27)22-8-7-9-23(18-22)31-21-30-16-17-34(4,5)6/h7-9,18H,10-17,19-21H2,1-6H3. The van der Waals surface area contributed by atoms with Gasteiger partial charge in [-0.25, -0.2) is 4.79 Å². The Balaban J connectivity index is 1.44. The van der Waals surface area contributed by atoms with Gasteiger partial charge in [-0.1, -0.05) is 31.8 Å². The lowest BCUT2D eigenvalue weighted by molar-refractivity contribution is -0.172. The maximum Gasteiger partial charge on any atom is 0.332 e. The zero-order chi connectivity index (χ0) is 24.9. The quantitative estimate of drug-likeness (QED) is 0.161. The Labute approximate surface area is 206 Å². The average Bonchev–Trinajstić information content (AvgIpc) is 2.76. The summed E-state index contributed by atoms with van der Waals surface area (Å²) in [5.41, 5.74) is 0.730. The number of ether oxygens (including phenoxy) is 5. The van der Waals surface area contributed by atoms with Crippen molar-refractivity contribution in [1.29, 1.82) is 0 Å². The van der Waals surface area contributed by atoms with E-state index in [9.17, 15) is 4.79 Å². The molecule has 3 aliphatic rings. The highest BCUT2D eigenvalue weighted by atomic mass is 28.3. The zero-order valence-electron chi connectivity index (χ0n) is 22.0. The number of esters is 1. The summed E-state index contributed by atoms with van der Waals surface area (Å²) in [4.78, 5) is 11.8. The first-order valence-electron chi connectivity index (χ1n) is 12.7. The average molecular weight is 493 g/mol. The molecule has 1 aromatic rings. The van der Waals surface area contributed by atoms with Gasteiger partial charge < -0.3 is 23.7 Å². The van der Waals surface area contributed by atoms with E-state index in [1.54, 1.807) is 0 Å². The lowest BCUT2D eigenvalue weighted by atomic mass is 9.62. The summed E-state index contributed by atoms with van der Waals surface area (Å²) in [7, 11) is -1.08. The summed E-state index contributed by atoms with van der Waals surface area (Å²) in [5, 5.41) is 0. The van der Waals surface area contributed by atoms with Crippen molar-refractivity contribution < 1.29 is 28.5 Å². The van der Waals surface area contributed by atoms with Crippen LogP contribution in [0.3, 0.4) is 0 Å². The van der Waals surface area contributed by atoms with E-state index in [-0.39, 0.29) is 23.6 Å². The van der Waals surface area contributed by atoms with Crippen LogP contribution in [0.2, 0.25) is 25.7 Å². The third-order valence-corrected chi connectivity index (χ3v) is 8.57. The van der Waals surface area contributed by atoms with Gasteiger partial charge in [-0.2, -0.15) is 0 Å². The fourth-order valence-electron chi connectivity index (χ4n) is 4.71. The van der Waals surface area contributed by atoms with Crippen molar-refractivity contribution in [2.45, 2.75) is 95.2 Å². The van der Waals surface area contributed by atoms with Gasteiger partial charge in [-0.15, -0.1) is 0 Å². The molecule has 0 spiro atoms. The van der Waals surface area contributed by atoms with Gasteiger partial charge in [0.1, 0.15) is 18.0 Å². The SMILES string of the molecule is CC(C)(C)OC(=O)COCCC12CCC(c3cccc(OCOCC[Si](C)(C)C)c3)(CC1)CO2. The molecule has 1 aliphatic carbocycles. The van der Waals surface area contributed by atoms with Gasteiger partial charge in [0.15, 0.2) is 6.79 Å². The van der Waals surface area contributed by atoms with Crippen LogP contribution in [-0.2, 0) is 29.2 Å². The highest BCUT2D eigenvalue weighted by Crippen LogP contribution is 2.51. The first-order valence-corrected chi connectivity index (χ1v) is 16.4. The van der Waals surface area contributed by atoms with Gasteiger partial charge in [0.25, 0.3) is 0 Å². The second-order valence-corrected chi connectivity index (χ2v) is 17.8. The highest BCUT2D eigenvalue weighted by molar-refractivity contribution is 6.76. The Morgan fingerprint density at radius 1 is 1.06 bits per heavy atom. The number of hydrogen-bond donors (Lipinski definition) is 0. The topological polar surface area (TPSA) is 63.2 Å². The molecular weight excluding hydrogens is 448 g/mol. The van der Waals surface area contributed by atoms with Crippen molar-refractivity contribution in [3.05, 3.63) is 29.8 Å². The smallest absolute Gasteiger partial charge is 0.332 e. The molecular formula is C27H44O6Si. The Hall–Kier alpha value is -1.41. The van der Waals surface area contributed by atoms with E-state index in [4.69, 9.17) is 23.7 Å². The maximum absolute atomic E-state index is 11.8. The fraction of sp³-hybridized carbons (Fsp3) is 0.741. The predicted octanol–water partition coefficient (Wildman–Crippen LogP) is 5.71. The summed E-state index contributed by atoms with van der Waals surface area (Å²) >= 11 is 0. The predicted molar refractivity (Wildman–Crippen MR) is 136 cm³/mol. The number of carbonyl (C=O) groups is 1. The molecule has 0 atom stereocenters. The Bertz CT molecular complexity index is 786. The third-order valence-electron chi connectivity index (χ3n) is 6.87. The van der Waals surface area contributed by atoms with E-state index in [0.717, 1.165) is 57.1 Å². The molecule has 0 unspecified atom stereocenters. The van der Waals surface area contributed by atoms with Crippen LogP contribution in [-0.4, -0.2) is 58.5 Å². The second-order valence-electron chi connectivity index (χ2n) is 12.1. The first-order chi connectivity index (χ1) is 15.9. The molecule has 34 heavy (non-hydrogen) atoms. The van der Waals surface area contributed by atoms with Crippen LogP contribution in [0.4, 0.5) is 0 Å². The molecule has 1 saturated carbocycles. The van der Waals surface area contributed by atoms with Crippen LogP contribution in [0.25, 0.3) is 0 Å². The number of rotatable bonds is 12. The highest BCUT2D eigenvalue weighted by Gasteiger charge is 2.50. The van der Waals surface area contributed by atoms with Crippen molar-refractivity contribution in [1.82, 2.24) is 0 Å². The van der Waals surface area contributed by atoms with E-state index in [2.05, 4.69) is 37.8 Å². The fourth-order valence-corrected chi connectivity index (χ4v) is 5.46. The molecule has 2 aliphatic heterocycles. The van der Waals surface area contributed by atoms with E-state index in [1.165, 1.54) is 5.56 Å².